The highest BCUT2D eigenvalue weighted by Crippen LogP contribution is 2.13. The Labute approximate surface area is 95.6 Å². The highest BCUT2D eigenvalue weighted by Gasteiger charge is 1.98. The third kappa shape index (κ3) is 5.43. The largest absolute Gasteiger partial charge is 0.303 e. The maximum absolute atomic E-state index is 10.2. The van der Waals surface area contributed by atoms with Gasteiger partial charge >= 0.3 is 0 Å². The molecule has 0 amide bonds. The van der Waals surface area contributed by atoms with Gasteiger partial charge in [-0.1, -0.05) is 49.4 Å². The van der Waals surface area contributed by atoms with Gasteiger partial charge in [-0.3, -0.25) is 0 Å². The Bertz CT molecular complexity index is 306. The molecule has 0 aliphatic carbocycles. The van der Waals surface area contributed by atoms with E-state index in [-0.39, 0.29) is 0 Å². The Kier molecular flexibility index (Phi) is 5.86. The van der Waals surface area contributed by atoms with Gasteiger partial charge in [-0.25, -0.2) is 0 Å². The van der Waals surface area contributed by atoms with Gasteiger partial charge in [0.1, 0.15) is 6.29 Å². The molecule has 1 aromatic carbocycles. The highest BCUT2D eigenvalue weighted by molar-refractivity contribution is 8.00. The number of rotatable bonds is 6. The average molecular weight is 220 g/mol. The van der Waals surface area contributed by atoms with E-state index in [9.17, 15) is 4.79 Å². The molecule has 0 N–H and O–H groups in total. The minimum Gasteiger partial charge on any atom is -0.303 e. The zero-order valence-corrected chi connectivity index (χ0v) is 9.74. The zero-order valence-electron chi connectivity index (χ0n) is 8.93. The number of carbonyl (C=O) groups excluding carboxylic acids is 1. The van der Waals surface area contributed by atoms with Crippen LogP contribution in [0.25, 0.3) is 6.08 Å². The molecule has 0 bridgehead atoms. The summed E-state index contributed by atoms with van der Waals surface area (Å²) in [7, 11) is 0. The van der Waals surface area contributed by atoms with Crippen LogP contribution in [0.5, 0.6) is 0 Å². The van der Waals surface area contributed by atoms with Gasteiger partial charge < -0.3 is 4.79 Å². The summed E-state index contributed by atoms with van der Waals surface area (Å²) >= 11 is 1.80. The first-order valence-corrected chi connectivity index (χ1v) is 6.14. The number of hydrogen-bond acceptors (Lipinski definition) is 2. The lowest BCUT2D eigenvalue weighted by Crippen LogP contribution is -1.96. The molecule has 2 heteroatoms. The molecule has 80 valence electrons. The molecule has 0 fully saturated rings. The third-order valence-corrected chi connectivity index (χ3v) is 3.16. The lowest BCUT2D eigenvalue weighted by Gasteiger charge is -2.03. The first-order chi connectivity index (χ1) is 7.33. The summed E-state index contributed by atoms with van der Waals surface area (Å²) in [4.78, 5) is 10.2. The molecule has 0 aliphatic heterocycles. The van der Waals surface area contributed by atoms with Gasteiger partial charge in [-0.15, -0.1) is 0 Å². The normalized spacial score (nSPS) is 12.9. The lowest BCUT2D eigenvalue weighted by atomic mass is 10.2. The van der Waals surface area contributed by atoms with Gasteiger partial charge in [0.05, 0.1) is 0 Å². The smallest absolute Gasteiger partial charge is 0.121 e. The summed E-state index contributed by atoms with van der Waals surface area (Å²) in [5.41, 5.74) is 1.22. The van der Waals surface area contributed by atoms with E-state index in [4.69, 9.17) is 0 Å². The van der Waals surface area contributed by atoms with Crippen molar-refractivity contribution in [3.05, 3.63) is 42.0 Å². The molecule has 1 aromatic rings. The van der Waals surface area contributed by atoms with Crippen molar-refractivity contribution in [2.45, 2.75) is 18.6 Å². The van der Waals surface area contributed by atoms with Crippen LogP contribution in [-0.2, 0) is 4.79 Å². The molecule has 15 heavy (non-hydrogen) atoms. The van der Waals surface area contributed by atoms with Crippen LogP contribution in [0.15, 0.2) is 36.4 Å². The molecule has 0 aromatic heterocycles. The maximum Gasteiger partial charge on any atom is 0.121 e. The van der Waals surface area contributed by atoms with Crippen molar-refractivity contribution < 1.29 is 4.79 Å². The van der Waals surface area contributed by atoms with E-state index < -0.39 is 0 Å². The number of aldehydes is 1. The van der Waals surface area contributed by atoms with Crippen LogP contribution in [-0.4, -0.2) is 17.3 Å². The summed E-state index contributed by atoms with van der Waals surface area (Å²) in [6.45, 7) is 2.08. The molecule has 1 rings (SSSR count). The molecule has 0 heterocycles. The SMILES string of the molecule is CC(CC=O)SCC=Cc1ccccc1. The summed E-state index contributed by atoms with van der Waals surface area (Å²) in [6, 6.07) is 10.2. The van der Waals surface area contributed by atoms with E-state index in [0.717, 1.165) is 12.0 Å². The molecule has 0 saturated carbocycles. The van der Waals surface area contributed by atoms with Crippen molar-refractivity contribution in [1.29, 1.82) is 0 Å². The van der Waals surface area contributed by atoms with Gasteiger partial charge in [-0.05, 0) is 5.56 Å². The van der Waals surface area contributed by atoms with Gasteiger partial charge in [0.2, 0.25) is 0 Å². The van der Waals surface area contributed by atoms with E-state index in [1.54, 1.807) is 11.8 Å². The molecular formula is C13H16OS. The van der Waals surface area contributed by atoms with E-state index >= 15 is 0 Å². The van der Waals surface area contributed by atoms with Crippen molar-refractivity contribution in [1.82, 2.24) is 0 Å². The zero-order chi connectivity index (χ0) is 10.9. The van der Waals surface area contributed by atoms with Crippen molar-refractivity contribution in [2.75, 3.05) is 5.75 Å². The Balaban J connectivity index is 2.25. The topological polar surface area (TPSA) is 17.1 Å². The van der Waals surface area contributed by atoms with E-state index in [0.29, 0.717) is 11.7 Å². The molecule has 0 radical (unpaired) electrons. The molecule has 1 atom stereocenters. The summed E-state index contributed by atoms with van der Waals surface area (Å²) in [5, 5.41) is 0.419. The number of benzene rings is 1. The minimum absolute atomic E-state index is 0.419. The molecule has 1 unspecified atom stereocenters. The first-order valence-electron chi connectivity index (χ1n) is 5.09. The van der Waals surface area contributed by atoms with Crippen molar-refractivity contribution in [3.8, 4) is 0 Å². The van der Waals surface area contributed by atoms with Gasteiger partial charge in [-0.2, -0.15) is 11.8 Å². The van der Waals surface area contributed by atoms with Crippen LogP contribution < -0.4 is 0 Å². The molecule has 0 aliphatic rings. The van der Waals surface area contributed by atoms with Crippen LogP contribution in [0.2, 0.25) is 0 Å². The third-order valence-electron chi connectivity index (χ3n) is 2.01. The van der Waals surface area contributed by atoms with Crippen molar-refractivity contribution in [3.63, 3.8) is 0 Å². The second kappa shape index (κ2) is 7.30. The predicted molar refractivity (Wildman–Crippen MR) is 68.1 cm³/mol. The maximum atomic E-state index is 10.2. The van der Waals surface area contributed by atoms with Gasteiger partial charge in [0.25, 0.3) is 0 Å². The molecular weight excluding hydrogens is 204 g/mol. The molecule has 1 nitrogen and oxygen atoms in total. The predicted octanol–water partition coefficient (Wildman–Crippen LogP) is 3.41. The number of thioether (sulfide) groups is 1. The first kappa shape index (κ1) is 12.1. The summed E-state index contributed by atoms with van der Waals surface area (Å²) in [6.07, 6.45) is 5.88. The van der Waals surface area contributed by atoms with E-state index in [1.807, 2.05) is 18.2 Å². The average Bonchev–Trinajstić information content (AvgIpc) is 2.26. The van der Waals surface area contributed by atoms with E-state index in [2.05, 4.69) is 31.2 Å². The summed E-state index contributed by atoms with van der Waals surface area (Å²) in [5.74, 6) is 0.962. The lowest BCUT2D eigenvalue weighted by molar-refractivity contribution is -0.107. The second-order valence-corrected chi connectivity index (χ2v) is 4.83. The van der Waals surface area contributed by atoms with Gasteiger partial charge in [0.15, 0.2) is 0 Å². The quantitative estimate of drug-likeness (QED) is 0.683. The van der Waals surface area contributed by atoms with Gasteiger partial charge in [0, 0.05) is 17.4 Å². The molecule has 0 spiro atoms. The van der Waals surface area contributed by atoms with Crippen molar-refractivity contribution in [2.24, 2.45) is 0 Å². The minimum atomic E-state index is 0.419. The van der Waals surface area contributed by atoms with Crippen LogP contribution in [0.1, 0.15) is 18.9 Å². The van der Waals surface area contributed by atoms with Crippen molar-refractivity contribution >= 4 is 24.1 Å². The fourth-order valence-electron chi connectivity index (χ4n) is 1.17. The standard InChI is InChI=1S/C13H16OS/c1-12(9-10-14)15-11-5-8-13-6-3-2-4-7-13/h2-8,10,12H,9,11H2,1H3. The number of carbonyl (C=O) groups is 1. The summed E-state index contributed by atoms with van der Waals surface area (Å²) < 4.78 is 0. The number of hydrogen-bond donors (Lipinski definition) is 0. The van der Waals surface area contributed by atoms with Crippen LogP contribution >= 0.6 is 11.8 Å². The Morgan fingerprint density at radius 2 is 2.07 bits per heavy atom. The Morgan fingerprint density at radius 1 is 1.33 bits per heavy atom. The monoisotopic (exact) mass is 220 g/mol. The van der Waals surface area contributed by atoms with Crippen LogP contribution in [0, 0.1) is 0 Å². The highest BCUT2D eigenvalue weighted by atomic mass is 32.2. The molecule has 0 saturated heterocycles. The fourth-order valence-corrected chi connectivity index (χ4v) is 1.92. The Hall–Kier alpha value is -1.02. The second-order valence-electron chi connectivity index (χ2n) is 3.36. The van der Waals surface area contributed by atoms with E-state index in [1.165, 1.54) is 5.56 Å². The fraction of sp³-hybridized carbons (Fsp3) is 0.308. The van der Waals surface area contributed by atoms with Crippen LogP contribution in [0.4, 0.5) is 0 Å². The van der Waals surface area contributed by atoms with Crippen LogP contribution in [0.3, 0.4) is 0 Å². The Morgan fingerprint density at radius 3 is 2.73 bits per heavy atom.